The van der Waals surface area contributed by atoms with Gasteiger partial charge < -0.3 is 0 Å². The molecule has 0 atom stereocenters. The van der Waals surface area contributed by atoms with Gasteiger partial charge in [0, 0.05) is 21.1 Å². The Labute approximate surface area is 156 Å². The van der Waals surface area contributed by atoms with Crippen LogP contribution < -0.4 is 9.03 Å². The first-order valence-corrected chi connectivity index (χ1v) is 10.5. The molecule has 0 aliphatic heterocycles. The van der Waals surface area contributed by atoms with Gasteiger partial charge >= 0.3 is 0 Å². The van der Waals surface area contributed by atoms with E-state index in [1.165, 1.54) is 73.4 Å². The molecule has 0 saturated heterocycles. The average Bonchev–Trinajstić information content (AvgIpc) is 3.23. The highest BCUT2D eigenvalue weighted by Gasteiger charge is 2.25. The summed E-state index contributed by atoms with van der Waals surface area (Å²) in [5.74, 6) is 0.125. The Morgan fingerprint density at radius 1 is 0.926 bits per heavy atom. The zero-order chi connectivity index (χ0) is 19.8. The second-order valence-electron chi connectivity index (χ2n) is 5.57. The number of anilines is 2. The van der Waals surface area contributed by atoms with Gasteiger partial charge in [-0.1, -0.05) is 0 Å². The summed E-state index contributed by atoms with van der Waals surface area (Å²) in [6, 6.07) is 5.56. The highest BCUT2D eigenvalue weighted by molar-refractivity contribution is 7.93. The predicted octanol–water partition coefficient (Wildman–Crippen LogP) is 0.174. The van der Waals surface area contributed by atoms with Crippen LogP contribution in [0.3, 0.4) is 0 Å². The van der Waals surface area contributed by atoms with Crippen molar-refractivity contribution in [3.63, 3.8) is 0 Å². The summed E-state index contributed by atoms with van der Waals surface area (Å²) >= 11 is 0. The molecule has 0 spiro atoms. The van der Waals surface area contributed by atoms with Gasteiger partial charge in [0.1, 0.15) is 5.82 Å². The Kier molecular flexibility index (Phi) is 4.65. The number of hydrogen-bond acceptors (Lipinski definition) is 7. The van der Waals surface area contributed by atoms with E-state index in [4.69, 9.17) is 0 Å². The van der Waals surface area contributed by atoms with Crippen LogP contribution in [0.4, 0.5) is 11.5 Å². The molecule has 3 heterocycles. The van der Waals surface area contributed by atoms with E-state index < -0.39 is 20.0 Å². The van der Waals surface area contributed by atoms with Gasteiger partial charge in [0.15, 0.2) is 10.1 Å². The Hall–Kier alpha value is -2.93. The maximum atomic E-state index is 12.6. The van der Waals surface area contributed by atoms with Crippen molar-refractivity contribution < 1.29 is 16.8 Å². The van der Waals surface area contributed by atoms with Crippen molar-refractivity contribution in [1.29, 1.82) is 0 Å². The normalized spacial score (nSPS) is 12.1. The summed E-state index contributed by atoms with van der Waals surface area (Å²) in [5, 5.41) is 7.67. The molecule has 11 nitrogen and oxygen atoms in total. The van der Waals surface area contributed by atoms with Crippen molar-refractivity contribution in [2.75, 3.05) is 16.1 Å². The Morgan fingerprint density at radius 3 is 2.00 bits per heavy atom. The Balaban J connectivity index is 1.84. The van der Waals surface area contributed by atoms with Gasteiger partial charge in [0.2, 0.25) is 0 Å². The number of sulfonamides is 2. The topological polar surface area (TPSA) is 132 Å². The molecule has 0 fully saturated rings. The van der Waals surface area contributed by atoms with Crippen molar-refractivity contribution in [2.24, 2.45) is 14.1 Å². The molecule has 3 aromatic rings. The fraction of sp³-hybridized carbons (Fsp3) is 0.214. The van der Waals surface area contributed by atoms with Crippen LogP contribution in [0.25, 0.3) is 0 Å². The van der Waals surface area contributed by atoms with Crippen molar-refractivity contribution >= 4 is 31.6 Å². The molecule has 0 amide bonds. The lowest BCUT2D eigenvalue weighted by Crippen LogP contribution is -2.29. The van der Waals surface area contributed by atoms with Gasteiger partial charge in [-0.25, -0.2) is 4.98 Å². The summed E-state index contributed by atoms with van der Waals surface area (Å²) in [6.45, 7) is 0. The predicted molar refractivity (Wildman–Crippen MR) is 97.1 cm³/mol. The molecule has 0 unspecified atom stereocenters. The lowest BCUT2D eigenvalue weighted by molar-refractivity contribution is 0.574. The molecule has 3 aromatic heterocycles. The maximum absolute atomic E-state index is 12.6. The minimum Gasteiger partial charge on any atom is -0.277 e. The van der Waals surface area contributed by atoms with Gasteiger partial charge in [0.25, 0.3) is 20.0 Å². The van der Waals surface area contributed by atoms with Gasteiger partial charge in [-0.2, -0.15) is 27.0 Å². The first-order valence-electron chi connectivity index (χ1n) is 7.57. The Morgan fingerprint density at radius 2 is 1.52 bits per heavy atom. The number of nitrogens with zero attached hydrogens (tertiary/aromatic N) is 6. The van der Waals surface area contributed by atoms with Crippen molar-refractivity contribution in [1.82, 2.24) is 24.5 Å². The largest absolute Gasteiger partial charge is 0.282 e. The van der Waals surface area contributed by atoms with Crippen LogP contribution in [-0.2, 0) is 34.1 Å². The van der Waals surface area contributed by atoms with Gasteiger partial charge in [-0.05, 0) is 24.3 Å². The Bertz CT molecular complexity index is 1160. The molecule has 0 aliphatic rings. The molecular formula is C14H17N7O4S2. The maximum Gasteiger partial charge on any atom is 0.282 e. The molecular weight excluding hydrogens is 394 g/mol. The van der Waals surface area contributed by atoms with Crippen molar-refractivity contribution in [3.8, 4) is 0 Å². The SMILES string of the molecule is CN(c1ccc(NS(=O)(=O)c2ccnn2C)cn1)S(=O)(=O)c1ccnn1C. The highest BCUT2D eigenvalue weighted by Crippen LogP contribution is 2.22. The van der Waals surface area contributed by atoms with Crippen LogP contribution in [0.1, 0.15) is 0 Å². The second-order valence-corrected chi connectivity index (χ2v) is 9.11. The first kappa shape index (κ1) is 18.8. The minimum atomic E-state index is -3.85. The van der Waals surface area contributed by atoms with Crippen molar-refractivity contribution in [2.45, 2.75) is 10.1 Å². The van der Waals surface area contributed by atoms with E-state index in [2.05, 4.69) is 19.9 Å². The van der Waals surface area contributed by atoms with Crippen LogP contribution in [-0.4, -0.2) is 48.4 Å². The number of hydrogen-bond donors (Lipinski definition) is 1. The number of aryl methyl sites for hydroxylation is 2. The van der Waals surface area contributed by atoms with E-state index in [0.717, 1.165) is 4.31 Å². The van der Waals surface area contributed by atoms with Crippen LogP contribution in [0.2, 0.25) is 0 Å². The summed E-state index contributed by atoms with van der Waals surface area (Å²) < 4.78 is 55.7. The molecule has 0 bridgehead atoms. The van der Waals surface area contributed by atoms with E-state index in [1.54, 1.807) is 0 Å². The summed E-state index contributed by atoms with van der Waals surface area (Å²) in [6.07, 6.45) is 3.98. The number of pyridine rings is 1. The van der Waals surface area contributed by atoms with Crippen LogP contribution in [0.5, 0.6) is 0 Å². The molecule has 0 saturated carbocycles. The van der Waals surface area contributed by atoms with Crippen molar-refractivity contribution in [3.05, 3.63) is 42.9 Å². The second kappa shape index (κ2) is 6.66. The fourth-order valence-electron chi connectivity index (χ4n) is 2.34. The third-order valence-electron chi connectivity index (χ3n) is 3.77. The monoisotopic (exact) mass is 411 g/mol. The summed E-state index contributed by atoms with van der Waals surface area (Å²) in [7, 11) is -3.31. The third-order valence-corrected chi connectivity index (χ3v) is 7.07. The lowest BCUT2D eigenvalue weighted by Gasteiger charge is -2.18. The van der Waals surface area contributed by atoms with E-state index in [1.807, 2.05) is 0 Å². The highest BCUT2D eigenvalue weighted by atomic mass is 32.2. The molecule has 144 valence electrons. The van der Waals surface area contributed by atoms with Crippen LogP contribution in [0, 0.1) is 0 Å². The fourth-order valence-corrected chi connectivity index (χ4v) is 4.76. The van der Waals surface area contributed by atoms with E-state index in [-0.39, 0.29) is 21.6 Å². The van der Waals surface area contributed by atoms with Gasteiger partial charge in [-0.15, -0.1) is 0 Å². The van der Waals surface area contributed by atoms with E-state index in [0.29, 0.717) is 0 Å². The standard InChI is InChI=1S/C14H17N7O4S2/c1-19-13(6-8-16-19)26(22,23)18-11-4-5-12(15-10-11)21(3)27(24,25)14-7-9-17-20(14)2/h4-10,18H,1-3H3. The minimum absolute atomic E-state index is 0.00721. The summed E-state index contributed by atoms with van der Waals surface area (Å²) in [5.41, 5.74) is 0.186. The lowest BCUT2D eigenvalue weighted by atomic mass is 10.4. The number of nitrogens with one attached hydrogen (secondary N) is 1. The average molecular weight is 411 g/mol. The van der Waals surface area contributed by atoms with Gasteiger partial charge in [-0.3, -0.25) is 18.4 Å². The zero-order valence-electron chi connectivity index (χ0n) is 14.7. The molecule has 0 aliphatic carbocycles. The molecule has 0 radical (unpaired) electrons. The molecule has 3 rings (SSSR count). The van der Waals surface area contributed by atoms with Crippen LogP contribution in [0.15, 0.2) is 52.9 Å². The molecule has 13 heteroatoms. The number of rotatable bonds is 6. The number of aromatic nitrogens is 5. The van der Waals surface area contributed by atoms with Gasteiger partial charge in [0.05, 0.1) is 24.3 Å². The summed E-state index contributed by atoms with van der Waals surface area (Å²) in [4.78, 5) is 4.04. The molecule has 1 N–H and O–H groups in total. The third kappa shape index (κ3) is 3.50. The van der Waals surface area contributed by atoms with Crippen LogP contribution >= 0.6 is 0 Å². The zero-order valence-corrected chi connectivity index (χ0v) is 16.3. The molecule has 0 aromatic carbocycles. The quantitative estimate of drug-likeness (QED) is 0.611. The smallest absolute Gasteiger partial charge is 0.277 e. The molecule has 27 heavy (non-hydrogen) atoms. The van der Waals surface area contributed by atoms with E-state index >= 15 is 0 Å². The van der Waals surface area contributed by atoms with E-state index in [9.17, 15) is 16.8 Å². The first-order chi connectivity index (χ1) is 12.6.